The van der Waals surface area contributed by atoms with Gasteiger partial charge in [0, 0.05) is 43.2 Å². The van der Waals surface area contributed by atoms with Gasteiger partial charge in [-0.25, -0.2) is 4.39 Å². The van der Waals surface area contributed by atoms with Crippen molar-refractivity contribution in [2.24, 2.45) is 4.99 Å². The molecule has 1 aromatic rings. The van der Waals surface area contributed by atoms with Gasteiger partial charge in [-0.05, 0) is 43.0 Å². The second-order valence-electron chi connectivity index (χ2n) is 6.06. The van der Waals surface area contributed by atoms with Crippen molar-refractivity contribution in [3.8, 4) is 0 Å². The van der Waals surface area contributed by atoms with Gasteiger partial charge in [-0.1, -0.05) is 15.9 Å². The number of likely N-dealkylation sites (tertiary alicyclic amines) is 1. The zero-order valence-electron chi connectivity index (χ0n) is 12.8. The van der Waals surface area contributed by atoms with Gasteiger partial charge in [-0.2, -0.15) is 0 Å². The molecule has 2 aliphatic rings. The Morgan fingerprint density at radius 1 is 1.36 bits per heavy atom. The van der Waals surface area contributed by atoms with Crippen LogP contribution in [0.5, 0.6) is 0 Å². The molecular weight excluding hydrogens is 347 g/mol. The summed E-state index contributed by atoms with van der Waals surface area (Å²) < 4.78 is 14.1. The van der Waals surface area contributed by atoms with Crippen molar-refractivity contribution in [3.05, 3.63) is 34.1 Å². The molecule has 2 N–H and O–H groups in total. The molecule has 1 heterocycles. The fourth-order valence-electron chi connectivity index (χ4n) is 2.96. The van der Waals surface area contributed by atoms with E-state index >= 15 is 0 Å². The van der Waals surface area contributed by atoms with Crippen LogP contribution in [-0.2, 0) is 6.54 Å². The van der Waals surface area contributed by atoms with Crippen LogP contribution < -0.4 is 10.6 Å². The number of guanidine groups is 1. The van der Waals surface area contributed by atoms with Crippen LogP contribution >= 0.6 is 15.9 Å². The lowest BCUT2D eigenvalue weighted by Gasteiger charge is -2.18. The molecule has 1 aromatic carbocycles. The number of hydrogen-bond donors (Lipinski definition) is 2. The third kappa shape index (κ3) is 4.20. The van der Waals surface area contributed by atoms with Crippen molar-refractivity contribution in [3.63, 3.8) is 0 Å². The van der Waals surface area contributed by atoms with Gasteiger partial charge in [0.15, 0.2) is 5.96 Å². The van der Waals surface area contributed by atoms with Crippen molar-refractivity contribution >= 4 is 21.9 Å². The summed E-state index contributed by atoms with van der Waals surface area (Å²) in [7, 11) is 1.77. The summed E-state index contributed by atoms with van der Waals surface area (Å²) in [5.74, 6) is 0.549. The van der Waals surface area contributed by atoms with Gasteiger partial charge in [0.25, 0.3) is 0 Å². The third-order valence-corrected chi connectivity index (χ3v) is 4.69. The summed E-state index contributed by atoms with van der Waals surface area (Å²) in [6.07, 6.45) is 3.87. The average Bonchev–Trinajstić information content (AvgIpc) is 3.22. The molecule has 120 valence electrons. The zero-order chi connectivity index (χ0) is 15.5. The van der Waals surface area contributed by atoms with Crippen molar-refractivity contribution < 1.29 is 4.39 Å². The van der Waals surface area contributed by atoms with Crippen LogP contribution in [0.1, 0.15) is 24.8 Å². The van der Waals surface area contributed by atoms with Crippen molar-refractivity contribution in [2.75, 3.05) is 20.1 Å². The van der Waals surface area contributed by atoms with E-state index in [4.69, 9.17) is 0 Å². The van der Waals surface area contributed by atoms with Gasteiger partial charge in [-0.3, -0.25) is 9.89 Å². The number of aliphatic imine (C=N–C) groups is 1. The minimum atomic E-state index is -0.231. The van der Waals surface area contributed by atoms with E-state index in [1.165, 1.54) is 31.5 Å². The van der Waals surface area contributed by atoms with Crippen LogP contribution in [0.3, 0.4) is 0 Å². The number of halogens is 2. The van der Waals surface area contributed by atoms with Crippen molar-refractivity contribution in [2.45, 2.75) is 37.9 Å². The Hall–Kier alpha value is -1.14. The van der Waals surface area contributed by atoms with Gasteiger partial charge < -0.3 is 10.6 Å². The monoisotopic (exact) mass is 368 g/mol. The van der Waals surface area contributed by atoms with Crippen LogP contribution in [0.25, 0.3) is 0 Å². The van der Waals surface area contributed by atoms with Gasteiger partial charge in [0.1, 0.15) is 5.82 Å². The second kappa shape index (κ2) is 6.96. The standard InChI is InChI=1S/C16H22BrFN4/c1-19-16(20-9-11-6-12(17)8-13(18)7-11)21-14-4-5-22(10-14)15-2-3-15/h6-8,14-15H,2-5,9-10H2,1H3,(H2,19,20,21). The SMILES string of the molecule is CN=C(NCc1cc(F)cc(Br)c1)NC1CCN(C2CC2)C1. The number of nitrogens with zero attached hydrogens (tertiary/aromatic N) is 2. The number of nitrogens with one attached hydrogen (secondary N) is 2. The maximum Gasteiger partial charge on any atom is 0.191 e. The molecule has 0 amide bonds. The van der Waals surface area contributed by atoms with Crippen LogP contribution in [0.4, 0.5) is 4.39 Å². The summed E-state index contributed by atoms with van der Waals surface area (Å²) >= 11 is 3.31. The largest absolute Gasteiger partial charge is 0.352 e. The molecule has 0 radical (unpaired) electrons. The second-order valence-corrected chi connectivity index (χ2v) is 6.98. The van der Waals surface area contributed by atoms with E-state index in [9.17, 15) is 4.39 Å². The first-order valence-corrected chi connectivity index (χ1v) is 8.59. The minimum Gasteiger partial charge on any atom is -0.352 e. The molecule has 1 saturated heterocycles. The summed E-state index contributed by atoms with van der Waals surface area (Å²) in [5, 5.41) is 6.73. The first-order valence-electron chi connectivity index (χ1n) is 7.80. The highest BCUT2D eigenvalue weighted by atomic mass is 79.9. The Morgan fingerprint density at radius 2 is 2.18 bits per heavy atom. The summed E-state index contributed by atoms with van der Waals surface area (Å²) in [4.78, 5) is 6.83. The van der Waals surface area contributed by atoms with E-state index in [1.54, 1.807) is 7.05 Å². The molecule has 1 unspecified atom stereocenters. The Labute approximate surface area is 139 Å². The third-order valence-electron chi connectivity index (χ3n) is 4.23. The Bertz CT molecular complexity index is 539. The highest BCUT2D eigenvalue weighted by Gasteiger charge is 2.34. The molecule has 3 rings (SSSR count). The predicted octanol–water partition coefficient (Wildman–Crippen LogP) is 2.49. The number of hydrogen-bond acceptors (Lipinski definition) is 2. The molecule has 2 fully saturated rings. The molecule has 0 aromatic heterocycles. The predicted molar refractivity (Wildman–Crippen MR) is 90.4 cm³/mol. The van der Waals surface area contributed by atoms with Crippen molar-refractivity contribution in [1.29, 1.82) is 0 Å². The normalized spacial score (nSPS) is 22.9. The van der Waals surface area contributed by atoms with Crippen LogP contribution in [0, 0.1) is 5.82 Å². The van der Waals surface area contributed by atoms with E-state index in [1.807, 2.05) is 6.07 Å². The first-order chi connectivity index (χ1) is 10.6. The summed E-state index contributed by atoms with van der Waals surface area (Å²) in [6.45, 7) is 2.82. The average molecular weight is 369 g/mol. The Morgan fingerprint density at radius 3 is 2.86 bits per heavy atom. The van der Waals surface area contributed by atoms with Crippen LogP contribution in [0.2, 0.25) is 0 Å². The summed E-state index contributed by atoms with van der Waals surface area (Å²) in [6, 6.07) is 6.18. The minimum absolute atomic E-state index is 0.231. The van der Waals surface area contributed by atoms with E-state index in [-0.39, 0.29) is 5.82 Å². The molecule has 1 aliphatic heterocycles. The molecule has 6 heteroatoms. The van der Waals surface area contributed by atoms with Crippen LogP contribution in [0.15, 0.2) is 27.7 Å². The maximum atomic E-state index is 13.4. The van der Waals surface area contributed by atoms with Crippen molar-refractivity contribution in [1.82, 2.24) is 15.5 Å². The van der Waals surface area contributed by atoms with Gasteiger partial charge in [0.2, 0.25) is 0 Å². The molecule has 0 spiro atoms. The topological polar surface area (TPSA) is 39.7 Å². The molecule has 1 saturated carbocycles. The smallest absolute Gasteiger partial charge is 0.191 e. The Kier molecular flexibility index (Phi) is 4.98. The fraction of sp³-hybridized carbons (Fsp3) is 0.562. The highest BCUT2D eigenvalue weighted by molar-refractivity contribution is 9.10. The maximum absolute atomic E-state index is 13.4. The van der Waals surface area contributed by atoms with E-state index < -0.39 is 0 Å². The first kappa shape index (κ1) is 15.7. The van der Waals surface area contributed by atoms with E-state index in [2.05, 4.69) is 36.5 Å². The van der Waals surface area contributed by atoms with Gasteiger partial charge in [-0.15, -0.1) is 0 Å². The fourth-order valence-corrected chi connectivity index (χ4v) is 3.48. The van der Waals surface area contributed by atoms with Crippen LogP contribution in [-0.4, -0.2) is 43.1 Å². The molecule has 1 atom stereocenters. The van der Waals surface area contributed by atoms with E-state index in [0.29, 0.717) is 12.6 Å². The molecule has 1 aliphatic carbocycles. The lowest BCUT2D eigenvalue weighted by Crippen LogP contribution is -2.44. The molecule has 4 nitrogen and oxygen atoms in total. The molecular formula is C16H22BrFN4. The van der Waals surface area contributed by atoms with Gasteiger partial charge in [0.05, 0.1) is 0 Å². The lowest BCUT2D eigenvalue weighted by molar-refractivity contribution is 0.321. The zero-order valence-corrected chi connectivity index (χ0v) is 14.4. The summed E-state index contributed by atoms with van der Waals surface area (Å²) in [5.41, 5.74) is 0.890. The highest BCUT2D eigenvalue weighted by Crippen LogP contribution is 2.29. The van der Waals surface area contributed by atoms with Gasteiger partial charge >= 0.3 is 0 Å². The quantitative estimate of drug-likeness (QED) is 0.633. The molecule has 22 heavy (non-hydrogen) atoms. The molecule has 0 bridgehead atoms. The number of benzene rings is 1. The number of rotatable bonds is 4. The Balaban J connectivity index is 1.49. The lowest BCUT2D eigenvalue weighted by atomic mass is 10.2. The van der Waals surface area contributed by atoms with E-state index in [0.717, 1.165) is 35.0 Å².